The molecule has 0 nitrogen and oxygen atoms in total. The fraction of sp³-hybridized carbons (Fsp3) is 0.812. The minimum atomic E-state index is 0. The highest BCUT2D eigenvalue weighted by Crippen LogP contribution is 2.32. The summed E-state index contributed by atoms with van der Waals surface area (Å²) in [5.74, 6) is 5.46. The monoisotopic (exact) mass is 449 g/mol. The van der Waals surface area contributed by atoms with Crippen LogP contribution in [0.4, 0.5) is 0 Å². The van der Waals surface area contributed by atoms with E-state index < -0.39 is 0 Å². The molecule has 0 amide bonds. The normalized spacial score (nSPS) is 18.5. The first-order chi connectivity index (χ1) is 14.1. The predicted octanol–water partition coefficient (Wildman–Crippen LogP) is 11.7. The Morgan fingerprint density at radius 1 is 0.781 bits per heavy atom. The average molecular weight is 449 g/mol. The van der Waals surface area contributed by atoms with E-state index in [1.807, 2.05) is 0 Å². The highest BCUT2D eigenvalue weighted by atomic mass is 14.3. The molecule has 1 saturated carbocycles. The number of hydrogen-bond donors (Lipinski definition) is 0. The van der Waals surface area contributed by atoms with Crippen LogP contribution in [0.15, 0.2) is 24.3 Å². The molecule has 1 aliphatic carbocycles. The molecule has 0 aliphatic heterocycles. The van der Waals surface area contributed by atoms with Crippen LogP contribution >= 0.6 is 0 Å². The van der Waals surface area contributed by atoms with Crippen LogP contribution in [0.1, 0.15) is 146 Å². The van der Waals surface area contributed by atoms with E-state index in [-0.39, 0.29) is 14.9 Å². The van der Waals surface area contributed by atoms with Crippen molar-refractivity contribution in [1.29, 1.82) is 0 Å². The lowest BCUT2D eigenvalue weighted by Gasteiger charge is -2.28. The average Bonchev–Trinajstić information content (AvgIpc) is 2.69. The smallest absolute Gasteiger partial charge is 0.0219 e. The molecule has 1 aromatic rings. The van der Waals surface area contributed by atoms with Crippen LogP contribution < -0.4 is 0 Å². The SMILES string of the molecule is C.C.CC1CCC(C(C)C)CC1.CCC(C)CCCC(C)C.Cc1ccc(C(C)C)cc1. The third-order valence-corrected chi connectivity index (χ3v) is 6.92. The van der Waals surface area contributed by atoms with E-state index in [1.54, 1.807) is 0 Å². The molecule has 0 aromatic heterocycles. The summed E-state index contributed by atoms with van der Waals surface area (Å²) in [6.07, 6.45) is 11.5. The summed E-state index contributed by atoms with van der Waals surface area (Å²) in [7, 11) is 0. The zero-order valence-corrected chi connectivity index (χ0v) is 22.4. The molecule has 0 saturated heterocycles. The lowest BCUT2D eigenvalue weighted by atomic mass is 9.78. The van der Waals surface area contributed by atoms with Gasteiger partial charge in [0.15, 0.2) is 0 Å². The fourth-order valence-corrected chi connectivity index (χ4v) is 3.98. The van der Waals surface area contributed by atoms with Crippen LogP contribution in [0.2, 0.25) is 0 Å². The van der Waals surface area contributed by atoms with Gasteiger partial charge in [-0.3, -0.25) is 0 Å². The van der Waals surface area contributed by atoms with E-state index in [4.69, 9.17) is 0 Å². The van der Waals surface area contributed by atoms with Gasteiger partial charge in [-0.2, -0.15) is 0 Å². The Morgan fingerprint density at radius 2 is 1.28 bits per heavy atom. The Kier molecular flexibility index (Phi) is 23.3. The van der Waals surface area contributed by atoms with Gasteiger partial charge in [0.2, 0.25) is 0 Å². The van der Waals surface area contributed by atoms with Gasteiger partial charge in [0.25, 0.3) is 0 Å². The van der Waals surface area contributed by atoms with Gasteiger partial charge < -0.3 is 0 Å². The molecule has 1 aliphatic rings. The first kappa shape index (κ1) is 35.8. The largest absolute Gasteiger partial charge is 0.0776 e. The van der Waals surface area contributed by atoms with E-state index in [1.165, 1.54) is 62.5 Å². The number of rotatable bonds is 7. The molecular weight excluding hydrogens is 384 g/mol. The minimum absolute atomic E-state index is 0. The number of aryl methyl sites for hydroxylation is 1. The highest BCUT2D eigenvalue weighted by Gasteiger charge is 2.20. The summed E-state index contributed by atoms with van der Waals surface area (Å²) in [5, 5.41) is 0. The van der Waals surface area contributed by atoms with Crippen molar-refractivity contribution in [3.05, 3.63) is 35.4 Å². The van der Waals surface area contributed by atoms with E-state index in [0.29, 0.717) is 5.92 Å². The maximum absolute atomic E-state index is 2.39. The van der Waals surface area contributed by atoms with Crippen molar-refractivity contribution in [3.8, 4) is 0 Å². The summed E-state index contributed by atoms with van der Waals surface area (Å²) in [6, 6.07) is 8.71. The van der Waals surface area contributed by atoms with E-state index in [0.717, 1.165) is 29.6 Å². The van der Waals surface area contributed by atoms with Gasteiger partial charge in [-0.25, -0.2) is 0 Å². The molecule has 1 unspecified atom stereocenters. The summed E-state index contributed by atoms with van der Waals surface area (Å²) in [5.41, 5.74) is 2.76. The van der Waals surface area contributed by atoms with Crippen LogP contribution in [0, 0.1) is 36.5 Å². The standard InChI is InChI=1S/C10H20.C10H14.C10H22.2CH4/c2*1-8(2)10-6-4-9(3)5-7-10;1-5-10(4)8-6-7-9(2)3;;/h8-10H,4-7H2,1-3H3;4-8H,1-3H3;9-10H,5-8H2,1-4H3;2*1H4. The van der Waals surface area contributed by atoms with Crippen LogP contribution in [0.3, 0.4) is 0 Å². The van der Waals surface area contributed by atoms with Crippen molar-refractivity contribution < 1.29 is 0 Å². The van der Waals surface area contributed by atoms with Crippen molar-refractivity contribution in [3.63, 3.8) is 0 Å². The Hall–Kier alpha value is -0.780. The van der Waals surface area contributed by atoms with Gasteiger partial charge in [-0.15, -0.1) is 0 Å². The maximum atomic E-state index is 2.39. The summed E-state index contributed by atoms with van der Waals surface area (Å²) in [6.45, 7) is 22.9. The quantitative estimate of drug-likeness (QED) is 0.389. The van der Waals surface area contributed by atoms with Gasteiger partial charge in [-0.05, 0) is 60.8 Å². The van der Waals surface area contributed by atoms with Gasteiger partial charge in [0.1, 0.15) is 0 Å². The second-order valence-corrected chi connectivity index (χ2v) is 11.2. The molecule has 0 heterocycles. The van der Waals surface area contributed by atoms with E-state index in [9.17, 15) is 0 Å². The third kappa shape index (κ3) is 18.8. The van der Waals surface area contributed by atoms with Crippen LogP contribution in [0.5, 0.6) is 0 Å². The van der Waals surface area contributed by atoms with Gasteiger partial charge in [-0.1, -0.05) is 146 Å². The first-order valence-electron chi connectivity index (χ1n) is 13.1. The predicted molar refractivity (Wildman–Crippen MR) is 153 cm³/mol. The zero-order valence-electron chi connectivity index (χ0n) is 22.4. The Labute approximate surface area is 206 Å². The zero-order chi connectivity index (χ0) is 23.1. The molecule has 1 fully saturated rings. The Morgan fingerprint density at radius 3 is 1.66 bits per heavy atom. The lowest BCUT2D eigenvalue weighted by Crippen LogP contribution is -2.16. The first-order valence-corrected chi connectivity index (χ1v) is 13.1. The minimum Gasteiger partial charge on any atom is -0.0776 e. The number of benzene rings is 1. The molecule has 1 aromatic carbocycles. The second-order valence-electron chi connectivity index (χ2n) is 11.2. The molecule has 0 spiro atoms. The molecule has 1 atom stereocenters. The van der Waals surface area contributed by atoms with Crippen molar-refractivity contribution in [1.82, 2.24) is 0 Å². The molecule has 0 bridgehead atoms. The molecule has 0 N–H and O–H groups in total. The van der Waals surface area contributed by atoms with E-state index >= 15 is 0 Å². The second kappa shape index (κ2) is 20.8. The molecule has 0 radical (unpaired) electrons. The van der Waals surface area contributed by atoms with Crippen LogP contribution in [-0.2, 0) is 0 Å². The maximum Gasteiger partial charge on any atom is -0.0219 e. The Balaban J connectivity index is -0.000000382. The van der Waals surface area contributed by atoms with Gasteiger partial charge in [0.05, 0.1) is 0 Å². The molecule has 2 rings (SSSR count). The highest BCUT2D eigenvalue weighted by molar-refractivity contribution is 5.23. The van der Waals surface area contributed by atoms with Gasteiger partial charge in [0, 0.05) is 0 Å². The van der Waals surface area contributed by atoms with Crippen molar-refractivity contribution in [2.24, 2.45) is 29.6 Å². The fourth-order valence-electron chi connectivity index (χ4n) is 3.98. The van der Waals surface area contributed by atoms with Crippen LogP contribution in [-0.4, -0.2) is 0 Å². The Bertz CT molecular complexity index is 483. The summed E-state index contributed by atoms with van der Waals surface area (Å²) < 4.78 is 0. The van der Waals surface area contributed by atoms with Crippen molar-refractivity contribution >= 4 is 0 Å². The van der Waals surface area contributed by atoms with Crippen molar-refractivity contribution in [2.75, 3.05) is 0 Å². The third-order valence-electron chi connectivity index (χ3n) is 6.92. The molecule has 0 heteroatoms. The molecule has 192 valence electrons. The lowest BCUT2D eigenvalue weighted by molar-refractivity contribution is 0.234. The summed E-state index contributed by atoms with van der Waals surface area (Å²) in [4.78, 5) is 0. The summed E-state index contributed by atoms with van der Waals surface area (Å²) >= 11 is 0. The topological polar surface area (TPSA) is 0 Å². The molecule has 32 heavy (non-hydrogen) atoms. The van der Waals surface area contributed by atoms with Gasteiger partial charge >= 0.3 is 0 Å². The molecular formula is C32H64. The van der Waals surface area contributed by atoms with E-state index in [2.05, 4.69) is 93.5 Å². The van der Waals surface area contributed by atoms with Crippen molar-refractivity contribution in [2.45, 2.75) is 141 Å². The van der Waals surface area contributed by atoms with Crippen LogP contribution in [0.25, 0.3) is 0 Å². The number of hydrogen-bond acceptors (Lipinski definition) is 0.